The second kappa shape index (κ2) is 10.3. The van der Waals surface area contributed by atoms with E-state index in [9.17, 15) is 31.1 Å². The number of rotatable bonds is 6. The number of ether oxygens (including phenoxy) is 2. The van der Waals surface area contributed by atoms with Crippen molar-refractivity contribution >= 4 is 5.97 Å². The van der Waals surface area contributed by atoms with Crippen LogP contribution in [0.3, 0.4) is 0 Å². The van der Waals surface area contributed by atoms with Crippen molar-refractivity contribution in [3.05, 3.63) is 82.7 Å². The van der Waals surface area contributed by atoms with Crippen molar-refractivity contribution in [3.8, 4) is 34.0 Å². The van der Waals surface area contributed by atoms with Crippen molar-refractivity contribution in [1.82, 2.24) is 14.8 Å². The Kier molecular flexibility index (Phi) is 6.85. The molecule has 1 N–H and O–H groups in total. The molecule has 13 heteroatoms. The van der Waals surface area contributed by atoms with Gasteiger partial charge < -0.3 is 14.6 Å². The molecule has 2 atom stereocenters. The fourth-order valence-corrected chi connectivity index (χ4v) is 5.77. The van der Waals surface area contributed by atoms with Gasteiger partial charge in [0.25, 0.3) is 5.82 Å². The average molecular weight is 604 g/mol. The molecule has 224 valence electrons. The predicted molar refractivity (Wildman–Crippen MR) is 140 cm³/mol. The first-order valence-electron chi connectivity index (χ1n) is 13.3. The van der Waals surface area contributed by atoms with Crippen molar-refractivity contribution in [3.63, 3.8) is 0 Å². The number of carboxylic acids is 1. The van der Waals surface area contributed by atoms with Crippen molar-refractivity contribution < 1.29 is 45.7 Å². The number of alkyl halides is 6. The van der Waals surface area contributed by atoms with Crippen LogP contribution in [0.25, 0.3) is 22.5 Å². The summed E-state index contributed by atoms with van der Waals surface area (Å²) in [6, 6.07) is 13.2. The molecule has 4 aromatic rings. The van der Waals surface area contributed by atoms with Gasteiger partial charge >= 0.3 is 18.3 Å². The maximum Gasteiger partial charge on any atom is 0.453 e. The van der Waals surface area contributed by atoms with Crippen LogP contribution in [0.4, 0.5) is 26.3 Å². The number of carbonyl (C=O) groups is 1. The van der Waals surface area contributed by atoms with E-state index in [1.807, 2.05) is 0 Å². The average Bonchev–Trinajstić information content (AvgIpc) is 3.64. The van der Waals surface area contributed by atoms with Gasteiger partial charge in [-0.1, -0.05) is 36.4 Å². The number of carboxylic acid groups (broad SMARTS) is 1. The Bertz CT molecular complexity index is 1710. The molecular weight excluding hydrogens is 580 g/mol. The highest BCUT2D eigenvalue weighted by Gasteiger charge is 2.39. The molecule has 6 rings (SSSR count). The standard InChI is InChI=1S/C30H23F6N3O4/c1-39-27(37-28(38-39)30(34,35)36)16-4-2-15(3-5-16)26-21-9-11-23(20(21)8-10-22(26)29(31,32)33)43-18-6-7-19-17(12-25(40)41)14-42-24(19)13-18/h2-8,10,13,17,23H,9,11-12,14H2,1H3,(H,40,41)/t17-,23-/m1/s1. The summed E-state index contributed by atoms with van der Waals surface area (Å²) in [4.78, 5) is 14.7. The van der Waals surface area contributed by atoms with Crippen LogP contribution in [0.15, 0.2) is 54.6 Å². The molecule has 0 amide bonds. The third-order valence-electron chi connectivity index (χ3n) is 7.67. The van der Waals surface area contributed by atoms with Gasteiger partial charge in [0, 0.05) is 30.2 Å². The van der Waals surface area contributed by atoms with Gasteiger partial charge in [0.15, 0.2) is 5.82 Å². The van der Waals surface area contributed by atoms with E-state index < -0.39 is 35.8 Å². The van der Waals surface area contributed by atoms with Gasteiger partial charge in [0.1, 0.15) is 17.6 Å². The Hall–Kier alpha value is -4.55. The zero-order chi connectivity index (χ0) is 30.7. The van der Waals surface area contributed by atoms with Crippen molar-refractivity contribution in [2.24, 2.45) is 7.05 Å². The quantitative estimate of drug-likeness (QED) is 0.235. The zero-order valence-electron chi connectivity index (χ0n) is 22.5. The highest BCUT2D eigenvalue weighted by atomic mass is 19.4. The fourth-order valence-electron chi connectivity index (χ4n) is 5.77. The molecule has 0 unspecified atom stereocenters. The second-order valence-electron chi connectivity index (χ2n) is 10.5. The Morgan fingerprint density at radius 2 is 1.70 bits per heavy atom. The smallest absolute Gasteiger partial charge is 0.453 e. The first-order valence-corrected chi connectivity index (χ1v) is 13.3. The number of aryl methyl sites for hydroxylation is 1. The minimum Gasteiger partial charge on any atom is -0.492 e. The third kappa shape index (κ3) is 5.39. The number of halogens is 6. The lowest BCUT2D eigenvalue weighted by molar-refractivity contribution is -0.145. The summed E-state index contributed by atoms with van der Waals surface area (Å²) in [6.45, 7) is 0.236. The lowest BCUT2D eigenvalue weighted by Gasteiger charge is -2.20. The largest absolute Gasteiger partial charge is 0.492 e. The number of hydrogen-bond donors (Lipinski definition) is 1. The van der Waals surface area contributed by atoms with E-state index in [0.717, 1.165) is 16.3 Å². The van der Waals surface area contributed by atoms with Crippen LogP contribution in [0.2, 0.25) is 0 Å². The van der Waals surface area contributed by atoms with Gasteiger partial charge in [-0.2, -0.15) is 26.3 Å². The lowest BCUT2D eigenvalue weighted by atomic mass is 9.91. The van der Waals surface area contributed by atoms with E-state index in [0.29, 0.717) is 35.5 Å². The fraction of sp³-hybridized carbons (Fsp3) is 0.300. The number of aromatic nitrogens is 3. The normalized spacial score (nSPS) is 17.8. The van der Waals surface area contributed by atoms with Crippen LogP contribution in [-0.4, -0.2) is 32.4 Å². The molecule has 0 spiro atoms. The molecule has 7 nitrogen and oxygen atoms in total. The van der Waals surface area contributed by atoms with Crippen LogP contribution in [0.1, 0.15) is 52.9 Å². The summed E-state index contributed by atoms with van der Waals surface area (Å²) in [7, 11) is 1.30. The Morgan fingerprint density at radius 1 is 1.00 bits per heavy atom. The monoisotopic (exact) mass is 603 g/mol. The summed E-state index contributed by atoms with van der Waals surface area (Å²) >= 11 is 0. The summed E-state index contributed by atoms with van der Waals surface area (Å²) in [5.74, 6) is -1.63. The molecule has 0 saturated heterocycles. The molecule has 0 bridgehead atoms. The topological polar surface area (TPSA) is 86.5 Å². The minimum atomic E-state index is -4.74. The third-order valence-corrected chi connectivity index (χ3v) is 7.67. The molecule has 0 saturated carbocycles. The van der Waals surface area contributed by atoms with Crippen LogP contribution < -0.4 is 9.47 Å². The minimum absolute atomic E-state index is 0.00889. The number of benzene rings is 3. The molecule has 2 heterocycles. The SMILES string of the molecule is Cn1nc(C(F)(F)F)nc1-c1ccc(-c2c(C(F)(F)F)ccc3c2CC[C@H]3Oc2ccc3c(c2)OC[C@H]3CC(=O)O)cc1. The number of aliphatic carboxylic acids is 1. The van der Waals surface area contributed by atoms with Crippen LogP contribution in [0.5, 0.6) is 11.5 Å². The van der Waals surface area contributed by atoms with E-state index >= 15 is 0 Å². The van der Waals surface area contributed by atoms with Gasteiger partial charge in [-0.25, -0.2) is 9.67 Å². The van der Waals surface area contributed by atoms with Crippen molar-refractivity contribution in [2.75, 3.05) is 6.61 Å². The maximum atomic E-state index is 14.2. The van der Waals surface area contributed by atoms with Crippen molar-refractivity contribution in [2.45, 2.75) is 43.6 Å². The lowest BCUT2D eigenvalue weighted by Crippen LogP contribution is -2.10. The summed E-state index contributed by atoms with van der Waals surface area (Å²) in [5.41, 5.74) is 1.52. The highest BCUT2D eigenvalue weighted by Crippen LogP contribution is 2.47. The van der Waals surface area contributed by atoms with Gasteiger partial charge in [0.2, 0.25) is 0 Å². The Morgan fingerprint density at radius 3 is 2.35 bits per heavy atom. The van der Waals surface area contributed by atoms with Gasteiger partial charge in [0.05, 0.1) is 18.6 Å². The molecule has 2 aliphatic rings. The van der Waals surface area contributed by atoms with E-state index in [2.05, 4.69) is 10.1 Å². The Labute approximate surface area is 240 Å². The maximum absolute atomic E-state index is 14.2. The molecule has 1 aliphatic carbocycles. The van der Waals surface area contributed by atoms with Crippen LogP contribution >= 0.6 is 0 Å². The van der Waals surface area contributed by atoms with E-state index in [4.69, 9.17) is 14.6 Å². The second-order valence-corrected chi connectivity index (χ2v) is 10.5. The predicted octanol–water partition coefficient (Wildman–Crippen LogP) is 7.20. The number of nitrogens with zero attached hydrogens (tertiary/aromatic N) is 3. The highest BCUT2D eigenvalue weighted by molar-refractivity contribution is 5.76. The summed E-state index contributed by atoms with van der Waals surface area (Å²) < 4.78 is 94.6. The van der Waals surface area contributed by atoms with Gasteiger partial charge in [-0.05, 0) is 47.2 Å². The zero-order valence-corrected chi connectivity index (χ0v) is 22.5. The van der Waals surface area contributed by atoms with Gasteiger partial charge in [-0.3, -0.25) is 4.79 Å². The van der Waals surface area contributed by atoms with E-state index in [1.54, 1.807) is 18.2 Å². The molecule has 0 radical (unpaired) electrons. The first kappa shape index (κ1) is 28.6. The number of fused-ring (bicyclic) bond motifs is 2. The summed E-state index contributed by atoms with van der Waals surface area (Å²) in [6.07, 6.45) is -9.28. The molecule has 43 heavy (non-hydrogen) atoms. The Balaban J connectivity index is 1.31. The van der Waals surface area contributed by atoms with Crippen LogP contribution in [0, 0.1) is 0 Å². The molecular formula is C30H23F6N3O4. The number of hydrogen-bond acceptors (Lipinski definition) is 5. The van der Waals surface area contributed by atoms with E-state index in [1.165, 1.54) is 37.4 Å². The van der Waals surface area contributed by atoms with Crippen LogP contribution in [-0.2, 0) is 30.6 Å². The summed E-state index contributed by atoms with van der Waals surface area (Å²) in [5, 5.41) is 12.5. The molecule has 0 fully saturated rings. The van der Waals surface area contributed by atoms with Crippen molar-refractivity contribution in [1.29, 1.82) is 0 Å². The molecule has 3 aromatic carbocycles. The first-order chi connectivity index (χ1) is 20.3. The van der Waals surface area contributed by atoms with E-state index in [-0.39, 0.29) is 41.5 Å². The van der Waals surface area contributed by atoms with Gasteiger partial charge in [-0.15, -0.1) is 5.10 Å². The molecule has 1 aromatic heterocycles. The molecule has 1 aliphatic heterocycles.